The second-order valence-corrected chi connectivity index (χ2v) is 9.79. The summed E-state index contributed by atoms with van der Waals surface area (Å²) in [5.41, 5.74) is 5.70. The number of amides is 1. The van der Waals surface area contributed by atoms with Gasteiger partial charge in [-0.15, -0.1) is 5.10 Å². The number of halogens is 1. The van der Waals surface area contributed by atoms with Gasteiger partial charge in [0.1, 0.15) is 23.7 Å². The van der Waals surface area contributed by atoms with Gasteiger partial charge in [-0.05, 0) is 74.3 Å². The van der Waals surface area contributed by atoms with Crippen LogP contribution in [0.25, 0.3) is 0 Å². The van der Waals surface area contributed by atoms with E-state index in [0.717, 1.165) is 17.7 Å². The van der Waals surface area contributed by atoms with E-state index in [1.165, 1.54) is 0 Å². The molecular formula is C24H31BrN4O5. The van der Waals surface area contributed by atoms with E-state index in [1.807, 2.05) is 20.8 Å². The van der Waals surface area contributed by atoms with Crippen LogP contribution in [0.3, 0.4) is 0 Å². The molecule has 3 rings (SSSR count). The van der Waals surface area contributed by atoms with Crippen LogP contribution in [0.15, 0.2) is 27.8 Å². The van der Waals surface area contributed by atoms with Crippen molar-refractivity contribution in [1.82, 2.24) is 15.7 Å². The number of hydrazone groups is 1. The van der Waals surface area contributed by atoms with E-state index >= 15 is 0 Å². The molecule has 0 spiro atoms. The summed E-state index contributed by atoms with van der Waals surface area (Å²) in [6.45, 7) is 11.7. The molecule has 1 aromatic heterocycles. The molecular weight excluding hydrogens is 504 g/mol. The van der Waals surface area contributed by atoms with Gasteiger partial charge in [0.25, 0.3) is 5.90 Å². The molecule has 1 atom stereocenters. The normalized spacial score (nSPS) is 15.3. The highest BCUT2D eigenvalue weighted by Gasteiger charge is 2.27. The molecule has 0 radical (unpaired) electrons. The van der Waals surface area contributed by atoms with Crippen LogP contribution < -0.4 is 15.5 Å². The average molecular weight is 535 g/mol. The van der Waals surface area contributed by atoms with Gasteiger partial charge in [0, 0.05) is 23.2 Å². The van der Waals surface area contributed by atoms with Gasteiger partial charge in [-0.3, -0.25) is 10.2 Å². The van der Waals surface area contributed by atoms with E-state index in [0.29, 0.717) is 32.9 Å². The Morgan fingerprint density at radius 1 is 1.26 bits per heavy atom. The lowest BCUT2D eigenvalue weighted by Gasteiger charge is -2.19. The van der Waals surface area contributed by atoms with Crippen LogP contribution in [0, 0.1) is 13.8 Å². The molecule has 1 aliphatic rings. The number of ketones is 1. The van der Waals surface area contributed by atoms with Crippen molar-refractivity contribution >= 4 is 33.7 Å². The summed E-state index contributed by atoms with van der Waals surface area (Å²) in [6.07, 6.45) is 0.111. The number of nitrogens with zero attached hydrogens (tertiary/aromatic N) is 1. The lowest BCUT2D eigenvalue weighted by atomic mass is 9.99. The van der Waals surface area contributed by atoms with Crippen LogP contribution in [-0.2, 0) is 9.47 Å². The Morgan fingerprint density at radius 2 is 2.00 bits per heavy atom. The lowest BCUT2D eigenvalue weighted by Crippen LogP contribution is -2.34. The molecule has 184 valence electrons. The summed E-state index contributed by atoms with van der Waals surface area (Å²) in [7, 11) is 0. The molecule has 0 fully saturated rings. The average Bonchev–Trinajstić information content (AvgIpc) is 3.34. The molecule has 1 aromatic carbocycles. The van der Waals surface area contributed by atoms with Crippen molar-refractivity contribution in [1.29, 1.82) is 0 Å². The molecule has 0 bridgehead atoms. The van der Waals surface area contributed by atoms with Crippen LogP contribution in [0.2, 0.25) is 0 Å². The summed E-state index contributed by atoms with van der Waals surface area (Å²) in [6, 6.07) is 5.17. The fourth-order valence-corrected chi connectivity index (χ4v) is 3.94. The third-order valence-corrected chi connectivity index (χ3v) is 5.65. The summed E-state index contributed by atoms with van der Waals surface area (Å²) < 4.78 is 17.3. The first-order valence-corrected chi connectivity index (χ1v) is 11.9. The number of aryl methyl sites for hydroxylation is 1. The van der Waals surface area contributed by atoms with Gasteiger partial charge in [0.15, 0.2) is 12.0 Å². The molecule has 9 nitrogen and oxygen atoms in total. The van der Waals surface area contributed by atoms with Crippen LogP contribution >= 0.6 is 15.9 Å². The number of alkyl carbamates (subject to hydrolysis) is 1. The molecule has 0 saturated heterocycles. The maximum absolute atomic E-state index is 13.3. The quantitative estimate of drug-likeness (QED) is 0.338. The van der Waals surface area contributed by atoms with Crippen molar-refractivity contribution in [3.63, 3.8) is 0 Å². The number of H-pyrrole nitrogens is 1. The highest BCUT2D eigenvalue weighted by atomic mass is 79.9. The SMILES string of the molecule is CCC1NN=C(c2[nH]c(C)c(C(=O)c3ccc(OCCNC(=O)OC(C)(C)C)c(Br)c3)c2C)O1. The van der Waals surface area contributed by atoms with Gasteiger partial charge in [0.05, 0.1) is 11.0 Å². The Balaban J connectivity index is 1.65. The Hall–Kier alpha value is -3.01. The minimum absolute atomic E-state index is 0.116. The number of rotatable bonds is 8. The lowest BCUT2D eigenvalue weighted by molar-refractivity contribution is 0.0520. The van der Waals surface area contributed by atoms with Crippen molar-refractivity contribution in [3.05, 3.63) is 50.8 Å². The van der Waals surface area contributed by atoms with E-state index in [-0.39, 0.29) is 25.2 Å². The van der Waals surface area contributed by atoms with Crippen molar-refractivity contribution in [2.45, 2.75) is 59.8 Å². The number of carbonyl (C=O) groups excluding carboxylic acids is 2. The summed E-state index contributed by atoms with van der Waals surface area (Å²) in [5, 5.41) is 6.88. The fourth-order valence-electron chi connectivity index (χ4n) is 3.44. The zero-order valence-electron chi connectivity index (χ0n) is 20.3. The minimum atomic E-state index is -0.556. The van der Waals surface area contributed by atoms with Crippen LogP contribution in [-0.4, -0.2) is 47.7 Å². The zero-order chi connectivity index (χ0) is 25.0. The van der Waals surface area contributed by atoms with E-state index in [2.05, 4.69) is 36.8 Å². The largest absolute Gasteiger partial charge is 0.491 e. The summed E-state index contributed by atoms with van der Waals surface area (Å²) >= 11 is 3.47. The smallest absolute Gasteiger partial charge is 0.407 e. The van der Waals surface area contributed by atoms with E-state index in [9.17, 15) is 9.59 Å². The zero-order valence-corrected chi connectivity index (χ0v) is 21.9. The van der Waals surface area contributed by atoms with Gasteiger partial charge in [0.2, 0.25) is 0 Å². The molecule has 3 N–H and O–H groups in total. The van der Waals surface area contributed by atoms with Crippen LogP contribution in [0.1, 0.15) is 67.0 Å². The Kier molecular flexibility index (Phi) is 7.91. The number of benzene rings is 1. The standard InChI is InChI=1S/C24H31BrN4O5/c1-7-18-28-29-22(33-18)20-13(2)19(14(3)27-20)21(30)15-8-9-17(16(25)12-15)32-11-10-26-23(31)34-24(4,5)6/h8-9,12,18,27-28H,7,10-11H2,1-6H3,(H,26,31). The molecule has 2 heterocycles. The highest BCUT2D eigenvalue weighted by molar-refractivity contribution is 9.10. The Labute approximate surface area is 207 Å². The van der Waals surface area contributed by atoms with Gasteiger partial charge in [-0.1, -0.05) is 6.92 Å². The third kappa shape index (κ3) is 6.11. The maximum atomic E-state index is 13.3. The number of aromatic nitrogens is 1. The number of carbonyl (C=O) groups is 2. The van der Waals surface area contributed by atoms with Gasteiger partial charge in [-0.25, -0.2) is 4.79 Å². The van der Waals surface area contributed by atoms with E-state index in [1.54, 1.807) is 39.0 Å². The fraction of sp³-hybridized carbons (Fsp3) is 0.458. The second-order valence-electron chi connectivity index (χ2n) is 8.94. The predicted molar refractivity (Wildman–Crippen MR) is 132 cm³/mol. The predicted octanol–water partition coefficient (Wildman–Crippen LogP) is 4.55. The first-order chi connectivity index (χ1) is 16.0. The molecule has 0 saturated carbocycles. The molecule has 1 aliphatic heterocycles. The van der Waals surface area contributed by atoms with Crippen molar-refractivity contribution in [3.8, 4) is 5.75 Å². The van der Waals surface area contributed by atoms with Crippen molar-refractivity contribution < 1.29 is 23.8 Å². The van der Waals surface area contributed by atoms with Crippen LogP contribution in [0.5, 0.6) is 5.75 Å². The maximum Gasteiger partial charge on any atom is 0.407 e. The van der Waals surface area contributed by atoms with Gasteiger partial charge < -0.3 is 24.5 Å². The number of hydrogen-bond acceptors (Lipinski definition) is 7. The highest BCUT2D eigenvalue weighted by Crippen LogP contribution is 2.29. The first kappa shape index (κ1) is 25.6. The Bertz CT molecular complexity index is 1100. The van der Waals surface area contributed by atoms with Crippen LogP contribution in [0.4, 0.5) is 4.79 Å². The molecule has 1 amide bonds. The topological polar surface area (TPSA) is 114 Å². The monoisotopic (exact) mass is 534 g/mol. The van der Waals surface area contributed by atoms with Crippen molar-refractivity contribution in [2.75, 3.05) is 13.2 Å². The first-order valence-electron chi connectivity index (χ1n) is 11.1. The third-order valence-electron chi connectivity index (χ3n) is 5.04. The molecule has 2 aromatic rings. The second kappa shape index (κ2) is 10.5. The molecule has 10 heteroatoms. The molecule has 34 heavy (non-hydrogen) atoms. The van der Waals surface area contributed by atoms with E-state index < -0.39 is 11.7 Å². The van der Waals surface area contributed by atoms with Gasteiger partial charge >= 0.3 is 6.09 Å². The molecule has 0 aliphatic carbocycles. The van der Waals surface area contributed by atoms with Gasteiger partial charge in [-0.2, -0.15) is 0 Å². The van der Waals surface area contributed by atoms with E-state index in [4.69, 9.17) is 14.2 Å². The summed E-state index contributed by atoms with van der Waals surface area (Å²) in [5.74, 6) is 0.905. The number of ether oxygens (including phenoxy) is 3. The molecule has 1 unspecified atom stereocenters. The number of aromatic amines is 1. The Morgan fingerprint density at radius 3 is 2.62 bits per heavy atom. The summed E-state index contributed by atoms with van der Waals surface area (Å²) in [4.78, 5) is 28.3. The minimum Gasteiger partial charge on any atom is -0.491 e. The number of hydrogen-bond donors (Lipinski definition) is 3. The number of nitrogens with one attached hydrogen (secondary N) is 3. The van der Waals surface area contributed by atoms with Crippen molar-refractivity contribution in [2.24, 2.45) is 5.10 Å².